The minimum Gasteiger partial charge on any atom is -0.493 e. The molecule has 122 valence electrons. The number of fused-ring (bicyclic) bond motifs is 2. The molecule has 1 N–H and O–H groups in total. The van der Waals surface area contributed by atoms with E-state index in [1.54, 1.807) is 14.2 Å². The van der Waals surface area contributed by atoms with Crippen molar-refractivity contribution in [3.05, 3.63) is 71.3 Å². The molecular formula is C21H21NO2. The van der Waals surface area contributed by atoms with Crippen molar-refractivity contribution in [2.24, 2.45) is 0 Å². The molecule has 4 rings (SSSR count). The first-order valence-electron chi connectivity index (χ1n) is 8.27. The molecule has 3 nitrogen and oxygen atoms in total. The smallest absolute Gasteiger partial charge is 0.161 e. The van der Waals surface area contributed by atoms with E-state index in [1.807, 2.05) is 0 Å². The summed E-state index contributed by atoms with van der Waals surface area (Å²) in [7, 11) is 3.38. The van der Waals surface area contributed by atoms with Crippen molar-refractivity contribution in [1.29, 1.82) is 0 Å². The highest BCUT2D eigenvalue weighted by molar-refractivity contribution is 5.86. The summed E-state index contributed by atoms with van der Waals surface area (Å²) < 4.78 is 11.0. The highest BCUT2D eigenvalue weighted by Crippen LogP contribution is 2.38. The normalized spacial score (nSPS) is 16.7. The number of hydrogen-bond acceptors (Lipinski definition) is 3. The maximum Gasteiger partial charge on any atom is 0.161 e. The van der Waals surface area contributed by atoms with Gasteiger partial charge in [-0.1, -0.05) is 42.5 Å². The molecule has 0 bridgehead atoms. The number of methoxy groups -OCH3 is 2. The summed E-state index contributed by atoms with van der Waals surface area (Å²) >= 11 is 0. The van der Waals surface area contributed by atoms with E-state index in [0.29, 0.717) is 0 Å². The van der Waals surface area contributed by atoms with Crippen LogP contribution in [0.3, 0.4) is 0 Å². The Morgan fingerprint density at radius 1 is 0.875 bits per heavy atom. The fourth-order valence-corrected chi connectivity index (χ4v) is 3.66. The molecular weight excluding hydrogens is 298 g/mol. The first-order valence-corrected chi connectivity index (χ1v) is 8.27. The molecule has 0 aliphatic carbocycles. The summed E-state index contributed by atoms with van der Waals surface area (Å²) in [5, 5.41) is 6.24. The van der Waals surface area contributed by atoms with E-state index in [9.17, 15) is 0 Å². The Balaban J connectivity index is 1.90. The number of hydrogen-bond donors (Lipinski definition) is 1. The number of nitrogens with one attached hydrogen (secondary N) is 1. The molecule has 1 heterocycles. The van der Waals surface area contributed by atoms with Gasteiger partial charge in [0, 0.05) is 6.54 Å². The van der Waals surface area contributed by atoms with Gasteiger partial charge in [-0.05, 0) is 46.0 Å². The van der Waals surface area contributed by atoms with Gasteiger partial charge in [-0.15, -0.1) is 0 Å². The summed E-state index contributed by atoms with van der Waals surface area (Å²) in [4.78, 5) is 0. The maximum absolute atomic E-state index is 5.52. The van der Waals surface area contributed by atoms with Crippen molar-refractivity contribution in [2.45, 2.75) is 12.5 Å². The molecule has 0 saturated heterocycles. The summed E-state index contributed by atoms with van der Waals surface area (Å²) in [5.41, 5.74) is 3.90. The van der Waals surface area contributed by atoms with Gasteiger partial charge in [0.15, 0.2) is 11.5 Å². The van der Waals surface area contributed by atoms with Gasteiger partial charge in [-0.25, -0.2) is 0 Å². The molecule has 3 aromatic carbocycles. The minimum atomic E-state index is 0.166. The Labute approximate surface area is 142 Å². The molecule has 3 aromatic rings. The number of ether oxygens (including phenoxy) is 2. The van der Waals surface area contributed by atoms with E-state index in [-0.39, 0.29) is 6.04 Å². The Morgan fingerprint density at radius 2 is 1.62 bits per heavy atom. The summed E-state index contributed by atoms with van der Waals surface area (Å²) in [5.74, 6) is 1.58. The van der Waals surface area contributed by atoms with Crippen LogP contribution in [0.1, 0.15) is 22.7 Å². The zero-order valence-electron chi connectivity index (χ0n) is 14.0. The summed E-state index contributed by atoms with van der Waals surface area (Å²) in [6, 6.07) is 19.5. The van der Waals surface area contributed by atoms with Crippen LogP contribution < -0.4 is 14.8 Å². The van der Waals surface area contributed by atoms with Crippen molar-refractivity contribution in [1.82, 2.24) is 5.32 Å². The Kier molecular flexibility index (Phi) is 3.87. The van der Waals surface area contributed by atoms with E-state index in [1.165, 1.54) is 27.5 Å². The van der Waals surface area contributed by atoms with E-state index in [4.69, 9.17) is 9.47 Å². The van der Waals surface area contributed by atoms with Gasteiger partial charge in [0.05, 0.1) is 20.3 Å². The molecule has 1 atom stereocenters. The van der Waals surface area contributed by atoms with Crippen molar-refractivity contribution < 1.29 is 9.47 Å². The SMILES string of the molecule is COc1cc2c(cc1OC)C(c1cccc3ccccc13)NCC2. The lowest BCUT2D eigenvalue weighted by molar-refractivity contribution is 0.353. The molecule has 1 unspecified atom stereocenters. The van der Waals surface area contributed by atoms with E-state index in [0.717, 1.165) is 24.5 Å². The van der Waals surface area contributed by atoms with E-state index < -0.39 is 0 Å². The molecule has 0 fully saturated rings. The van der Waals surface area contributed by atoms with Crippen LogP contribution in [-0.2, 0) is 6.42 Å². The van der Waals surface area contributed by atoms with E-state index >= 15 is 0 Å². The van der Waals surface area contributed by atoms with Crippen LogP contribution in [0, 0.1) is 0 Å². The second kappa shape index (κ2) is 6.17. The molecule has 1 aliphatic rings. The van der Waals surface area contributed by atoms with Crippen LogP contribution in [0.2, 0.25) is 0 Å². The fraction of sp³-hybridized carbons (Fsp3) is 0.238. The predicted molar refractivity (Wildman–Crippen MR) is 97.0 cm³/mol. The van der Waals surface area contributed by atoms with Crippen molar-refractivity contribution in [2.75, 3.05) is 20.8 Å². The average Bonchev–Trinajstić information content (AvgIpc) is 2.66. The molecule has 3 heteroatoms. The third-order valence-electron chi connectivity index (χ3n) is 4.83. The van der Waals surface area contributed by atoms with Gasteiger partial charge in [-0.3, -0.25) is 0 Å². The van der Waals surface area contributed by atoms with Crippen LogP contribution >= 0.6 is 0 Å². The van der Waals surface area contributed by atoms with Gasteiger partial charge < -0.3 is 14.8 Å². The third kappa shape index (κ3) is 2.42. The Morgan fingerprint density at radius 3 is 2.46 bits per heavy atom. The number of rotatable bonds is 3. The second-order valence-electron chi connectivity index (χ2n) is 6.11. The lowest BCUT2D eigenvalue weighted by Gasteiger charge is -2.29. The monoisotopic (exact) mass is 319 g/mol. The largest absolute Gasteiger partial charge is 0.493 e. The van der Waals surface area contributed by atoms with Gasteiger partial charge in [-0.2, -0.15) is 0 Å². The quantitative estimate of drug-likeness (QED) is 0.788. The zero-order chi connectivity index (χ0) is 16.5. The van der Waals surface area contributed by atoms with Crippen molar-refractivity contribution in [3.63, 3.8) is 0 Å². The first kappa shape index (κ1) is 15.0. The molecule has 0 radical (unpaired) electrons. The molecule has 0 aromatic heterocycles. The van der Waals surface area contributed by atoms with Crippen LogP contribution in [0.15, 0.2) is 54.6 Å². The topological polar surface area (TPSA) is 30.5 Å². The predicted octanol–water partition coefficient (Wildman–Crippen LogP) is 4.09. The summed E-state index contributed by atoms with van der Waals surface area (Å²) in [6.07, 6.45) is 0.997. The van der Waals surface area contributed by atoms with Crippen molar-refractivity contribution in [3.8, 4) is 11.5 Å². The van der Waals surface area contributed by atoms with E-state index in [2.05, 4.69) is 59.9 Å². The standard InChI is InChI=1S/C21H21NO2/c1-23-19-12-15-10-11-22-21(18(15)13-20(19)24-2)17-9-5-7-14-6-3-4-8-16(14)17/h3-9,12-13,21-22H,10-11H2,1-2H3. The minimum absolute atomic E-state index is 0.166. The highest BCUT2D eigenvalue weighted by Gasteiger charge is 2.25. The van der Waals surface area contributed by atoms with Gasteiger partial charge in [0.2, 0.25) is 0 Å². The first-order chi connectivity index (χ1) is 11.8. The average molecular weight is 319 g/mol. The fourth-order valence-electron chi connectivity index (χ4n) is 3.66. The van der Waals surface area contributed by atoms with Crippen molar-refractivity contribution >= 4 is 10.8 Å². The molecule has 0 amide bonds. The zero-order valence-corrected chi connectivity index (χ0v) is 14.0. The second-order valence-corrected chi connectivity index (χ2v) is 6.11. The maximum atomic E-state index is 5.52. The lowest BCUT2D eigenvalue weighted by Crippen LogP contribution is -2.30. The summed E-state index contributed by atoms with van der Waals surface area (Å²) in [6.45, 7) is 0.955. The highest BCUT2D eigenvalue weighted by atomic mass is 16.5. The number of benzene rings is 3. The molecule has 0 saturated carbocycles. The van der Waals surface area contributed by atoms with Gasteiger partial charge in [0.1, 0.15) is 0 Å². The molecule has 0 spiro atoms. The Bertz CT molecular complexity index is 883. The van der Waals surface area contributed by atoms with Crippen LogP contribution in [0.25, 0.3) is 10.8 Å². The van der Waals surface area contributed by atoms with Crippen LogP contribution in [-0.4, -0.2) is 20.8 Å². The van der Waals surface area contributed by atoms with Gasteiger partial charge in [0.25, 0.3) is 0 Å². The molecule has 24 heavy (non-hydrogen) atoms. The van der Waals surface area contributed by atoms with Crippen LogP contribution in [0.5, 0.6) is 11.5 Å². The lowest BCUT2D eigenvalue weighted by atomic mass is 9.87. The third-order valence-corrected chi connectivity index (χ3v) is 4.83. The van der Waals surface area contributed by atoms with Crippen LogP contribution in [0.4, 0.5) is 0 Å². The van der Waals surface area contributed by atoms with Gasteiger partial charge >= 0.3 is 0 Å². The Hall–Kier alpha value is -2.52. The molecule has 1 aliphatic heterocycles.